The van der Waals surface area contributed by atoms with Crippen LogP contribution in [-0.2, 0) is 23.0 Å². The van der Waals surface area contributed by atoms with Crippen molar-refractivity contribution in [2.45, 2.75) is 45.6 Å². The van der Waals surface area contributed by atoms with E-state index >= 15 is 0 Å². The second-order valence-corrected chi connectivity index (χ2v) is 11.3. The lowest BCUT2D eigenvalue weighted by atomic mass is 10.0. The van der Waals surface area contributed by atoms with E-state index in [1.54, 1.807) is 18.7 Å². The molecule has 1 aliphatic heterocycles. The first-order chi connectivity index (χ1) is 16.2. The molecular formula is C24H34N4O4S2. The molecule has 0 bridgehead atoms. The lowest BCUT2D eigenvalue weighted by Gasteiger charge is -2.24. The van der Waals surface area contributed by atoms with Crippen molar-refractivity contribution in [2.75, 3.05) is 45.1 Å². The maximum absolute atomic E-state index is 13.3. The quantitative estimate of drug-likeness (QED) is 0.562. The van der Waals surface area contributed by atoms with Gasteiger partial charge in [-0.2, -0.15) is 4.31 Å². The summed E-state index contributed by atoms with van der Waals surface area (Å²) >= 11 is 1.45. The fourth-order valence-corrected chi connectivity index (χ4v) is 6.95. The first kappa shape index (κ1) is 26.3. The molecule has 34 heavy (non-hydrogen) atoms. The number of carbonyl (C=O) groups excluding carboxylic acids is 2. The van der Waals surface area contributed by atoms with Crippen LogP contribution in [0.15, 0.2) is 29.2 Å². The Labute approximate surface area is 206 Å². The number of benzene rings is 1. The highest BCUT2D eigenvalue weighted by Crippen LogP contribution is 2.38. The van der Waals surface area contributed by atoms with E-state index in [1.807, 2.05) is 20.9 Å². The van der Waals surface area contributed by atoms with Gasteiger partial charge < -0.3 is 15.1 Å². The number of hydrogen-bond acceptors (Lipinski definition) is 6. The lowest BCUT2D eigenvalue weighted by molar-refractivity contribution is 0.0772. The molecular weight excluding hydrogens is 472 g/mol. The van der Waals surface area contributed by atoms with Crippen LogP contribution in [0.5, 0.6) is 0 Å². The predicted molar refractivity (Wildman–Crippen MR) is 136 cm³/mol. The largest absolute Gasteiger partial charge is 0.339 e. The minimum Gasteiger partial charge on any atom is -0.339 e. The third-order valence-electron chi connectivity index (χ3n) is 6.20. The third kappa shape index (κ3) is 5.19. The van der Waals surface area contributed by atoms with Gasteiger partial charge >= 0.3 is 0 Å². The molecule has 0 radical (unpaired) electrons. The number of amides is 2. The predicted octanol–water partition coefficient (Wildman–Crippen LogP) is 3.50. The first-order valence-electron chi connectivity index (χ1n) is 11.7. The summed E-state index contributed by atoms with van der Waals surface area (Å²) in [5.74, 6) is -0.435. The normalized spacial score (nSPS) is 14.2. The molecule has 3 rings (SSSR count). The monoisotopic (exact) mass is 506 g/mol. The van der Waals surface area contributed by atoms with E-state index in [-0.39, 0.29) is 16.7 Å². The van der Waals surface area contributed by atoms with E-state index < -0.39 is 10.0 Å². The molecule has 10 heteroatoms. The maximum Gasteiger partial charge on any atom is 0.257 e. The number of sulfonamides is 1. The van der Waals surface area contributed by atoms with Gasteiger partial charge in [0.2, 0.25) is 10.0 Å². The zero-order chi connectivity index (χ0) is 25.0. The van der Waals surface area contributed by atoms with Gasteiger partial charge in [-0.15, -0.1) is 11.3 Å². The highest BCUT2D eigenvalue weighted by Gasteiger charge is 2.30. The average Bonchev–Trinajstić information content (AvgIpc) is 3.17. The Balaban J connectivity index is 1.91. The molecule has 0 fully saturated rings. The number of anilines is 1. The topological polar surface area (TPSA) is 90.0 Å². The second kappa shape index (κ2) is 11.0. The Bertz CT molecular complexity index is 1130. The summed E-state index contributed by atoms with van der Waals surface area (Å²) in [6.07, 6.45) is 0.762. The van der Waals surface area contributed by atoms with E-state index in [2.05, 4.69) is 10.2 Å². The van der Waals surface area contributed by atoms with Gasteiger partial charge in [0.25, 0.3) is 11.8 Å². The standard InChI is InChI=1S/C24H34N4O4S2/c1-6-27(7-2)24(30)21-19-14-15-26(5)16-20(19)33-23(21)25-22(29)17-10-12-18(13-11-17)34(31,32)28(8-3)9-4/h10-13H,6-9,14-16H2,1-5H3,(H,25,29). The van der Waals surface area contributed by atoms with Crippen LogP contribution in [0, 0.1) is 0 Å². The van der Waals surface area contributed by atoms with E-state index in [4.69, 9.17) is 0 Å². The van der Waals surface area contributed by atoms with Gasteiger partial charge in [0.1, 0.15) is 5.00 Å². The number of nitrogens with one attached hydrogen (secondary N) is 1. The van der Waals surface area contributed by atoms with E-state index in [9.17, 15) is 18.0 Å². The SMILES string of the molecule is CCN(CC)C(=O)c1c(NC(=O)c2ccc(S(=O)(=O)N(CC)CC)cc2)sc2c1CCN(C)C2. The Morgan fingerprint density at radius 1 is 1.03 bits per heavy atom. The van der Waals surface area contributed by atoms with Crippen LogP contribution in [-0.4, -0.2) is 74.1 Å². The van der Waals surface area contributed by atoms with Crippen molar-refractivity contribution >= 4 is 38.2 Å². The summed E-state index contributed by atoms with van der Waals surface area (Å²) < 4.78 is 26.8. The van der Waals surface area contributed by atoms with Gasteiger partial charge in [0, 0.05) is 49.7 Å². The van der Waals surface area contributed by atoms with Crippen molar-refractivity contribution in [1.82, 2.24) is 14.1 Å². The number of hydrogen-bond donors (Lipinski definition) is 1. The van der Waals surface area contributed by atoms with Crippen molar-refractivity contribution in [3.63, 3.8) is 0 Å². The zero-order valence-electron chi connectivity index (χ0n) is 20.6. The van der Waals surface area contributed by atoms with E-state index in [1.165, 1.54) is 39.9 Å². The molecule has 1 N–H and O–H groups in total. The van der Waals surface area contributed by atoms with E-state index in [0.717, 1.165) is 30.0 Å². The van der Waals surface area contributed by atoms with Crippen LogP contribution in [0.3, 0.4) is 0 Å². The molecule has 1 aromatic carbocycles. The maximum atomic E-state index is 13.3. The summed E-state index contributed by atoms with van der Waals surface area (Å²) in [7, 11) is -1.55. The Morgan fingerprint density at radius 2 is 1.65 bits per heavy atom. The molecule has 0 unspecified atom stereocenters. The molecule has 2 heterocycles. The second-order valence-electron chi connectivity index (χ2n) is 8.24. The highest BCUT2D eigenvalue weighted by molar-refractivity contribution is 7.89. The fraction of sp³-hybridized carbons (Fsp3) is 0.500. The summed E-state index contributed by atoms with van der Waals surface area (Å²) in [5.41, 5.74) is 1.95. The molecule has 1 aromatic heterocycles. The molecule has 0 aliphatic carbocycles. The lowest BCUT2D eigenvalue weighted by Crippen LogP contribution is -2.33. The Kier molecular flexibility index (Phi) is 8.51. The van der Waals surface area contributed by atoms with Gasteiger partial charge in [-0.3, -0.25) is 9.59 Å². The van der Waals surface area contributed by atoms with Crippen LogP contribution in [0.2, 0.25) is 0 Å². The third-order valence-corrected chi connectivity index (χ3v) is 9.40. The van der Waals surface area contributed by atoms with Gasteiger partial charge in [-0.25, -0.2) is 8.42 Å². The minimum atomic E-state index is -3.59. The zero-order valence-corrected chi connectivity index (χ0v) is 22.2. The fourth-order valence-electron chi connectivity index (χ4n) is 4.18. The van der Waals surface area contributed by atoms with Crippen LogP contribution >= 0.6 is 11.3 Å². The van der Waals surface area contributed by atoms with Crippen molar-refractivity contribution < 1.29 is 18.0 Å². The van der Waals surface area contributed by atoms with Crippen LogP contribution in [0.4, 0.5) is 5.00 Å². The van der Waals surface area contributed by atoms with Crippen molar-refractivity contribution in [1.29, 1.82) is 0 Å². The summed E-state index contributed by atoms with van der Waals surface area (Å²) in [4.78, 5) is 31.6. The molecule has 0 spiro atoms. The number of likely N-dealkylation sites (N-methyl/N-ethyl adjacent to an activating group) is 1. The molecule has 186 valence electrons. The molecule has 2 aromatic rings. The van der Waals surface area contributed by atoms with Gasteiger partial charge in [0.05, 0.1) is 10.5 Å². The van der Waals surface area contributed by atoms with Crippen LogP contribution in [0.1, 0.15) is 58.9 Å². The Morgan fingerprint density at radius 3 is 2.21 bits per heavy atom. The molecule has 8 nitrogen and oxygen atoms in total. The summed E-state index contributed by atoms with van der Waals surface area (Å²) in [5, 5.41) is 3.50. The number of fused-ring (bicyclic) bond motifs is 1. The number of rotatable bonds is 9. The summed E-state index contributed by atoms with van der Waals surface area (Å²) in [6.45, 7) is 11.0. The Hall–Kier alpha value is -2.27. The van der Waals surface area contributed by atoms with Crippen molar-refractivity contribution in [2.24, 2.45) is 0 Å². The number of carbonyl (C=O) groups is 2. The molecule has 0 saturated carbocycles. The van der Waals surface area contributed by atoms with Crippen molar-refractivity contribution in [3.8, 4) is 0 Å². The molecule has 0 saturated heterocycles. The van der Waals surface area contributed by atoms with Gasteiger partial charge in [0.15, 0.2) is 0 Å². The number of thiophene rings is 1. The van der Waals surface area contributed by atoms with Gasteiger partial charge in [-0.1, -0.05) is 13.8 Å². The van der Waals surface area contributed by atoms with Gasteiger partial charge in [-0.05, 0) is 57.1 Å². The molecule has 0 atom stereocenters. The molecule has 1 aliphatic rings. The number of nitrogens with zero attached hydrogens (tertiary/aromatic N) is 3. The van der Waals surface area contributed by atoms with E-state index in [0.29, 0.717) is 42.3 Å². The summed E-state index contributed by atoms with van der Waals surface area (Å²) in [6, 6.07) is 5.94. The molecule has 2 amide bonds. The first-order valence-corrected chi connectivity index (χ1v) is 14.0. The van der Waals surface area contributed by atoms with Crippen LogP contribution in [0.25, 0.3) is 0 Å². The average molecular weight is 507 g/mol. The van der Waals surface area contributed by atoms with Crippen molar-refractivity contribution in [3.05, 3.63) is 45.8 Å². The smallest absolute Gasteiger partial charge is 0.257 e. The highest BCUT2D eigenvalue weighted by atomic mass is 32.2. The minimum absolute atomic E-state index is 0.0667. The van der Waals surface area contributed by atoms with Crippen LogP contribution < -0.4 is 5.32 Å².